The van der Waals surface area contributed by atoms with Crippen molar-refractivity contribution in [2.24, 2.45) is 5.92 Å². The van der Waals surface area contributed by atoms with Crippen molar-refractivity contribution >= 4 is 17.7 Å². The molecule has 0 aromatic carbocycles. The number of carbonyl (C=O) groups excluding carboxylic acids is 1. The Labute approximate surface area is 102 Å². The van der Waals surface area contributed by atoms with Crippen LogP contribution < -0.4 is 10.6 Å². The Balaban J connectivity index is 1.68. The van der Waals surface area contributed by atoms with Crippen LogP contribution in [-0.2, 0) is 4.79 Å². The molecule has 2 aliphatic heterocycles. The van der Waals surface area contributed by atoms with E-state index in [1.807, 2.05) is 11.8 Å². The van der Waals surface area contributed by atoms with Gasteiger partial charge in [-0.05, 0) is 31.9 Å². The monoisotopic (exact) mass is 242 g/mol. The van der Waals surface area contributed by atoms with Crippen molar-refractivity contribution in [3.8, 4) is 0 Å². The first-order chi connectivity index (χ1) is 7.70. The molecule has 0 spiro atoms. The SMILES string of the molecule is CSC(C)CCNC(=O)C1CC2CCC1N2. The summed E-state index contributed by atoms with van der Waals surface area (Å²) in [5, 5.41) is 7.22. The van der Waals surface area contributed by atoms with Gasteiger partial charge in [0.15, 0.2) is 0 Å². The first-order valence-corrected chi connectivity index (χ1v) is 7.56. The van der Waals surface area contributed by atoms with Gasteiger partial charge in [0.05, 0.1) is 5.92 Å². The minimum Gasteiger partial charge on any atom is -0.356 e. The molecule has 2 saturated heterocycles. The van der Waals surface area contributed by atoms with E-state index in [0.717, 1.165) is 19.4 Å². The Morgan fingerprint density at radius 1 is 1.56 bits per heavy atom. The van der Waals surface area contributed by atoms with Crippen molar-refractivity contribution in [1.29, 1.82) is 0 Å². The third-order valence-corrected chi connectivity index (χ3v) is 4.93. The van der Waals surface area contributed by atoms with Crippen LogP contribution >= 0.6 is 11.8 Å². The quantitative estimate of drug-likeness (QED) is 0.765. The van der Waals surface area contributed by atoms with Gasteiger partial charge in [-0.2, -0.15) is 11.8 Å². The molecule has 2 rings (SSSR count). The summed E-state index contributed by atoms with van der Waals surface area (Å²) in [7, 11) is 0. The van der Waals surface area contributed by atoms with Crippen molar-refractivity contribution in [2.75, 3.05) is 12.8 Å². The van der Waals surface area contributed by atoms with Gasteiger partial charge in [0.2, 0.25) is 5.91 Å². The smallest absolute Gasteiger partial charge is 0.224 e. The molecule has 2 fully saturated rings. The molecule has 0 aromatic rings. The Kier molecular flexibility index (Phi) is 4.14. The molecule has 0 saturated carbocycles. The zero-order chi connectivity index (χ0) is 11.5. The summed E-state index contributed by atoms with van der Waals surface area (Å²) in [6.07, 6.45) is 6.68. The lowest BCUT2D eigenvalue weighted by Gasteiger charge is -2.19. The van der Waals surface area contributed by atoms with Crippen LogP contribution in [0.3, 0.4) is 0 Å². The van der Waals surface area contributed by atoms with Crippen LogP contribution in [0.2, 0.25) is 0 Å². The molecule has 2 aliphatic rings. The van der Waals surface area contributed by atoms with Crippen LogP contribution in [0.4, 0.5) is 0 Å². The summed E-state index contributed by atoms with van der Waals surface area (Å²) in [6.45, 7) is 3.03. The number of rotatable bonds is 5. The third kappa shape index (κ3) is 2.72. The molecular weight excluding hydrogens is 220 g/mol. The highest BCUT2D eigenvalue weighted by Crippen LogP contribution is 2.33. The van der Waals surface area contributed by atoms with Crippen LogP contribution in [0.5, 0.6) is 0 Å². The van der Waals surface area contributed by atoms with Crippen molar-refractivity contribution in [2.45, 2.75) is 49.9 Å². The van der Waals surface area contributed by atoms with Gasteiger partial charge in [-0.15, -0.1) is 0 Å². The van der Waals surface area contributed by atoms with Gasteiger partial charge < -0.3 is 10.6 Å². The molecular formula is C12H22N2OS. The summed E-state index contributed by atoms with van der Waals surface area (Å²) in [4.78, 5) is 11.9. The van der Waals surface area contributed by atoms with E-state index in [4.69, 9.17) is 0 Å². The van der Waals surface area contributed by atoms with Gasteiger partial charge in [0.25, 0.3) is 0 Å². The minimum absolute atomic E-state index is 0.239. The van der Waals surface area contributed by atoms with Gasteiger partial charge in [0.1, 0.15) is 0 Å². The molecule has 2 bridgehead atoms. The molecule has 1 amide bonds. The van der Waals surface area contributed by atoms with E-state index >= 15 is 0 Å². The van der Waals surface area contributed by atoms with Gasteiger partial charge in [-0.1, -0.05) is 6.92 Å². The topological polar surface area (TPSA) is 41.1 Å². The lowest BCUT2D eigenvalue weighted by atomic mass is 9.88. The molecule has 2 heterocycles. The van der Waals surface area contributed by atoms with Crippen LogP contribution in [0.15, 0.2) is 0 Å². The minimum atomic E-state index is 0.239. The Hall–Kier alpha value is -0.220. The second-order valence-corrected chi connectivity index (χ2v) is 6.29. The maximum atomic E-state index is 11.9. The fraction of sp³-hybridized carbons (Fsp3) is 0.917. The molecule has 0 aliphatic carbocycles. The van der Waals surface area contributed by atoms with E-state index < -0.39 is 0 Å². The molecule has 16 heavy (non-hydrogen) atoms. The van der Waals surface area contributed by atoms with Crippen molar-refractivity contribution < 1.29 is 4.79 Å². The van der Waals surface area contributed by atoms with Crippen LogP contribution in [-0.4, -0.2) is 36.0 Å². The standard InChI is InChI=1S/C12H22N2OS/c1-8(16-2)5-6-13-12(15)10-7-9-3-4-11(10)14-9/h8-11,14H,3-7H2,1-2H3,(H,13,15). The van der Waals surface area contributed by atoms with E-state index in [9.17, 15) is 4.79 Å². The van der Waals surface area contributed by atoms with Gasteiger partial charge in [-0.25, -0.2) is 0 Å². The number of thioether (sulfide) groups is 1. The molecule has 0 aromatic heterocycles. The Bertz CT molecular complexity index is 259. The molecule has 0 radical (unpaired) electrons. The van der Waals surface area contributed by atoms with E-state index in [0.29, 0.717) is 17.3 Å². The normalized spacial score (nSPS) is 34.0. The predicted octanol–water partition coefficient (Wildman–Crippen LogP) is 1.38. The molecule has 2 N–H and O–H groups in total. The van der Waals surface area contributed by atoms with Gasteiger partial charge in [-0.3, -0.25) is 4.79 Å². The first kappa shape index (κ1) is 12.2. The van der Waals surface area contributed by atoms with Crippen molar-refractivity contribution in [3.63, 3.8) is 0 Å². The van der Waals surface area contributed by atoms with Crippen LogP contribution in [0.1, 0.15) is 32.6 Å². The Morgan fingerprint density at radius 3 is 2.94 bits per heavy atom. The summed E-state index contributed by atoms with van der Waals surface area (Å²) >= 11 is 1.86. The van der Waals surface area contributed by atoms with E-state index in [1.54, 1.807) is 0 Å². The molecule has 4 atom stereocenters. The second kappa shape index (κ2) is 5.41. The summed E-state index contributed by atoms with van der Waals surface area (Å²) in [6, 6.07) is 1.08. The largest absolute Gasteiger partial charge is 0.356 e. The maximum Gasteiger partial charge on any atom is 0.224 e. The number of fused-ring (bicyclic) bond motifs is 2. The fourth-order valence-electron chi connectivity index (χ4n) is 2.76. The van der Waals surface area contributed by atoms with E-state index in [2.05, 4.69) is 23.8 Å². The Morgan fingerprint density at radius 2 is 2.38 bits per heavy atom. The third-order valence-electron chi connectivity index (χ3n) is 3.89. The highest BCUT2D eigenvalue weighted by Gasteiger charge is 2.42. The zero-order valence-corrected chi connectivity index (χ0v) is 11.0. The lowest BCUT2D eigenvalue weighted by Crippen LogP contribution is -2.38. The average molecular weight is 242 g/mol. The van der Waals surface area contributed by atoms with E-state index in [1.165, 1.54) is 12.8 Å². The number of hydrogen-bond acceptors (Lipinski definition) is 3. The fourth-order valence-corrected chi connectivity index (χ4v) is 3.12. The van der Waals surface area contributed by atoms with Crippen LogP contribution in [0.25, 0.3) is 0 Å². The second-order valence-electron chi connectivity index (χ2n) is 5.02. The first-order valence-electron chi connectivity index (χ1n) is 6.27. The maximum absolute atomic E-state index is 11.9. The van der Waals surface area contributed by atoms with Crippen molar-refractivity contribution in [1.82, 2.24) is 10.6 Å². The molecule has 3 nitrogen and oxygen atoms in total. The zero-order valence-electron chi connectivity index (χ0n) is 10.2. The van der Waals surface area contributed by atoms with Crippen molar-refractivity contribution in [3.05, 3.63) is 0 Å². The number of hydrogen-bond donors (Lipinski definition) is 2. The molecule has 4 unspecified atom stereocenters. The van der Waals surface area contributed by atoms with E-state index in [-0.39, 0.29) is 11.8 Å². The number of carbonyl (C=O) groups is 1. The summed E-state index contributed by atoms with van der Waals surface area (Å²) in [5.74, 6) is 0.510. The summed E-state index contributed by atoms with van der Waals surface area (Å²) < 4.78 is 0. The van der Waals surface area contributed by atoms with Gasteiger partial charge in [0, 0.05) is 23.9 Å². The predicted molar refractivity (Wildman–Crippen MR) is 68.7 cm³/mol. The van der Waals surface area contributed by atoms with Gasteiger partial charge >= 0.3 is 0 Å². The van der Waals surface area contributed by atoms with Crippen LogP contribution in [0, 0.1) is 5.92 Å². The number of amides is 1. The molecule has 92 valence electrons. The molecule has 4 heteroatoms. The summed E-state index contributed by atoms with van der Waals surface area (Å²) in [5.41, 5.74) is 0. The average Bonchev–Trinajstić information content (AvgIpc) is 2.90. The highest BCUT2D eigenvalue weighted by molar-refractivity contribution is 7.99. The lowest BCUT2D eigenvalue weighted by molar-refractivity contribution is -0.125. The highest BCUT2D eigenvalue weighted by atomic mass is 32.2. The number of nitrogens with one attached hydrogen (secondary N) is 2.